The minimum Gasteiger partial charge on any atom is -0.455 e. The molecule has 5 heteroatoms. The van der Waals surface area contributed by atoms with Crippen LogP contribution >= 0.6 is 0 Å². The van der Waals surface area contributed by atoms with Crippen LogP contribution in [0, 0.1) is 0 Å². The highest BCUT2D eigenvalue weighted by Gasteiger charge is 2.44. The standard InChI is InChI=1S/C22H23NO4/c1-16(24)17-8-7-11-19(14-17)23-20(25)15-27-21(26)22(12-5-6-13-22)18-9-3-2-4-10-18/h2-4,7-11,14H,5-6,12-13,15H2,1H3,(H,23,25). The van der Waals surface area contributed by atoms with Crippen LogP contribution in [0.3, 0.4) is 0 Å². The summed E-state index contributed by atoms with van der Waals surface area (Å²) < 4.78 is 5.38. The Morgan fingerprint density at radius 3 is 2.37 bits per heavy atom. The molecule has 1 aliphatic rings. The molecular weight excluding hydrogens is 342 g/mol. The van der Waals surface area contributed by atoms with Crippen molar-refractivity contribution in [1.29, 1.82) is 0 Å². The Kier molecular flexibility index (Phi) is 5.69. The van der Waals surface area contributed by atoms with Crippen LogP contribution in [0.5, 0.6) is 0 Å². The fourth-order valence-electron chi connectivity index (χ4n) is 3.63. The van der Waals surface area contributed by atoms with Crippen molar-refractivity contribution in [2.45, 2.75) is 38.0 Å². The summed E-state index contributed by atoms with van der Waals surface area (Å²) in [6, 6.07) is 16.3. The van der Waals surface area contributed by atoms with Crippen molar-refractivity contribution < 1.29 is 19.1 Å². The van der Waals surface area contributed by atoms with Crippen LogP contribution in [-0.2, 0) is 19.7 Å². The first kappa shape index (κ1) is 18.8. The number of carbonyl (C=O) groups is 3. The minimum atomic E-state index is -0.657. The lowest BCUT2D eigenvalue weighted by atomic mass is 9.79. The van der Waals surface area contributed by atoms with Crippen molar-refractivity contribution in [2.75, 3.05) is 11.9 Å². The predicted octanol–water partition coefficient (Wildman–Crippen LogP) is 3.88. The molecule has 27 heavy (non-hydrogen) atoms. The largest absolute Gasteiger partial charge is 0.455 e. The number of amides is 1. The van der Waals surface area contributed by atoms with E-state index in [0.29, 0.717) is 11.3 Å². The lowest BCUT2D eigenvalue weighted by molar-refractivity contribution is -0.153. The predicted molar refractivity (Wildman–Crippen MR) is 103 cm³/mol. The first-order valence-electron chi connectivity index (χ1n) is 9.15. The van der Waals surface area contributed by atoms with Crippen LogP contribution in [0.15, 0.2) is 54.6 Å². The number of ketones is 1. The molecule has 2 aromatic rings. The van der Waals surface area contributed by atoms with Crippen molar-refractivity contribution in [1.82, 2.24) is 0 Å². The first-order chi connectivity index (χ1) is 13.0. The fraction of sp³-hybridized carbons (Fsp3) is 0.318. The van der Waals surface area contributed by atoms with Crippen LogP contribution in [0.2, 0.25) is 0 Å². The summed E-state index contributed by atoms with van der Waals surface area (Å²) in [7, 11) is 0. The number of hydrogen-bond donors (Lipinski definition) is 1. The molecule has 3 rings (SSSR count). The van der Waals surface area contributed by atoms with E-state index in [4.69, 9.17) is 4.74 Å². The second-order valence-corrected chi connectivity index (χ2v) is 6.92. The molecule has 0 unspecified atom stereocenters. The van der Waals surface area contributed by atoms with Gasteiger partial charge in [-0.1, -0.05) is 55.3 Å². The molecule has 1 saturated carbocycles. The van der Waals surface area contributed by atoms with E-state index in [1.165, 1.54) is 6.92 Å². The van der Waals surface area contributed by atoms with E-state index in [1.807, 2.05) is 30.3 Å². The first-order valence-corrected chi connectivity index (χ1v) is 9.15. The molecule has 0 radical (unpaired) electrons. The van der Waals surface area contributed by atoms with Gasteiger partial charge in [0, 0.05) is 11.3 Å². The van der Waals surface area contributed by atoms with Gasteiger partial charge in [-0.2, -0.15) is 0 Å². The molecule has 0 aliphatic heterocycles. The smallest absolute Gasteiger partial charge is 0.317 e. The quantitative estimate of drug-likeness (QED) is 0.623. The normalized spacial score (nSPS) is 15.1. The molecule has 1 amide bonds. The van der Waals surface area contributed by atoms with Gasteiger partial charge in [-0.3, -0.25) is 14.4 Å². The Labute approximate surface area is 158 Å². The molecule has 1 fully saturated rings. The molecular formula is C22H23NO4. The Morgan fingerprint density at radius 2 is 1.70 bits per heavy atom. The van der Waals surface area contributed by atoms with Crippen LogP contribution in [0.1, 0.15) is 48.5 Å². The highest BCUT2D eigenvalue weighted by molar-refractivity contribution is 5.98. The highest BCUT2D eigenvalue weighted by Crippen LogP contribution is 2.42. The number of nitrogens with one attached hydrogen (secondary N) is 1. The zero-order valence-corrected chi connectivity index (χ0v) is 15.4. The third kappa shape index (κ3) is 4.25. The lowest BCUT2D eigenvalue weighted by Crippen LogP contribution is -2.36. The van der Waals surface area contributed by atoms with Gasteiger partial charge >= 0.3 is 5.97 Å². The molecule has 1 aliphatic carbocycles. The maximum atomic E-state index is 12.8. The van der Waals surface area contributed by atoms with Crippen LogP contribution in [0.25, 0.3) is 0 Å². The van der Waals surface area contributed by atoms with E-state index in [2.05, 4.69) is 5.32 Å². The molecule has 0 saturated heterocycles. The average molecular weight is 365 g/mol. The van der Waals surface area contributed by atoms with Crippen molar-refractivity contribution in [3.05, 3.63) is 65.7 Å². The van der Waals surface area contributed by atoms with Gasteiger partial charge in [-0.05, 0) is 37.5 Å². The van der Waals surface area contributed by atoms with Crippen molar-refractivity contribution in [3.8, 4) is 0 Å². The van der Waals surface area contributed by atoms with Crippen molar-refractivity contribution in [3.63, 3.8) is 0 Å². The van der Waals surface area contributed by atoms with E-state index in [9.17, 15) is 14.4 Å². The Bertz CT molecular complexity index is 838. The third-order valence-corrected chi connectivity index (χ3v) is 5.06. The number of carbonyl (C=O) groups excluding carboxylic acids is 3. The lowest BCUT2D eigenvalue weighted by Gasteiger charge is -2.27. The second kappa shape index (κ2) is 8.16. The summed E-state index contributed by atoms with van der Waals surface area (Å²) in [4.78, 5) is 36.4. The maximum Gasteiger partial charge on any atom is 0.317 e. The summed E-state index contributed by atoms with van der Waals surface area (Å²) in [5, 5.41) is 2.67. The topological polar surface area (TPSA) is 72.5 Å². The molecule has 140 valence electrons. The van der Waals surface area contributed by atoms with E-state index < -0.39 is 11.3 Å². The molecule has 5 nitrogen and oxygen atoms in total. The summed E-state index contributed by atoms with van der Waals surface area (Å²) in [5.74, 6) is -0.854. The SMILES string of the molecule is CC(=O)c1cccc(NC(=O)COC(=O)C2(c3ccccc3)CCCC2)c1. The van der Waals surface area contributed by atoms with Crippen molar-refractivity contribution in [2.24, 2.45) is 0 Å². The zero-order chi connectivity index (χ0) is 19.3. The van der Waals surface area contributed by atoms with Gasteiger partial charge in [-0.25, -0.2) is 0 Å². The average Bonchev–Trinajstić information content (AvgIpc) is 3.18. The van der Waals surface area contributed by atoms with Crippen molar-refractivity contribution >= 4 is 23.3 Å². The number of esters is 1. The highest BCUT2D eigenvalue weighted by atomic mass is 16.5. The van der Waals surface area contributed by atoms with E-state index >= 15 is 0 Å². The van der Waals surface area contributed by atoms with E-state index in [-0.39, 0.29) is 18.4 Å². The number of rotatable bonds is 6. The Morgan fingerprint density at radius 1 is 1.00 bits per heavy atom. The fourth-order valence-corrected chi connectivity index (χ4v) is 3.63. The third-order valence-electron chi connectivity index (χ3n) is 5.06. The van der Waals surface area contributed by atoms with Crippen LogP contribution < -0.4 is 5.32 Å². The van der Waals surface area contributed by atoms with Crippen LogP contribution in [-0.4, -0.2) is 24.3 Å². The van der Waals surface area contributed by atoms with Gasteiger partial charge in [0.25, 0.3) is 5.91 Å². The van der Waals surface area contributed by atoms with Gasteiger partial charge in [-0.15, -0.1) is 0 Å². The van der Waals surface area contributed by atoms with Gasteiger partial charge in [0.2, 0.25) is 0 Å². The van der Waals surface area contributed by atoms with Gasteiger partial charge in [0.1, 0.15) is 0 Å². The molecule has 0 aromatic heterocycles. The summed E-state index contributed by atoms with van der Waals surface area (Å²) in [6.07, 6.45) is 3.40. The Hall–Kier alpha value is -2.95. The van der Waals surface area contributed by atoms with Gasteiger partial charge in [0.05, 0.1) is 5.41 Å². The van der Waals surface area contributed by atoms with Gasteiger partial charge in [0.15, 0.2) is 12.4 Å². The minimum absolute atomic E-state index is 0.0800. The molecule has 0 spiro atoms. The second-order valence-electron chi connectivity index (χ2n) is 6.92. The summed E-state index contributed by atoms with van der Waals surface area (Å²) in [5.41, 5.74) is 1.30. The monoisotopic (exact) mass is 365 g/mol. The Balaban J connectivity index is 1.63. The van der Waals surface area contributed by atoms with E-state index in [1.54, 1.807) is 24.3 Å². The zero-order valence-electron chi connectivity index (χ0n) is 15.4. The van der Waals surface area contributed by atoms with E-state index in [0.717, 1.165) is 31.2 Å². The van der Waals surface area contributed by atoms with Gasteiger partial charge < -0.3 is 10.1 Å². The number of ether oxygens (including phenoxy) is 1. The number of hydrogen-bond acceptors (Lipinski definition) is 4. The van der Waals surface area contributed by atoms with Crippen LogP contribution in [0.4, 0.5) is 5.69 Å². The molecule has 0 heterocycles. The maximum absolute atomic E-state index is 12.8. The molecule has 0 atom stereocenters. The number of anilines is 1. The number of Topliss-reactive ketones (excluding diaryl/α,β-unsaturated/α-hetero) is 1. The summed E-state index contributed by atoms with van der Waals surface area (Å²) >= 11 is 0. The molecule has 1 N–H and O–H groups in total. The summed E-state index contributed by atoms with van der Waals surface area (Å²) in [6.45, 7) is 1.12. The molecule has 2 aromatic carbocycles. The number of benzene rings is 2. The molecule has 0 bridgehead atoms.